The Hall–Kier alpha value is -1.42. The lowest BCUT2D eigenvalue weighted by Gasteiger charge is -2.40. The smallest absolute Gasteiger partial charge is 0.229 e. The predicted molar refractivity (Wildman–Crippen MR) is 92.3 cm³/mol. The highest BCUT2D eigenvalue weighted by atomic mass is 19.1. The van der Waals surface area contributed by atoms with Gasteiger partial charge in [-0.1, -0.05) is 25.0 Å². The highest BCUT2D eigenvalue weighted by molar-refractivity contribution is 5.85. The zero-order valence-corrected chi connectivity index (χ0v) is 14.3. The number of amides is 1. The largest absolute Gasteiger partial charge is 0.339 e. The van der Waals surface area contributed by atoms with Crippen LogP contribution in [0.2, 0.25) is 0 Å². The predicted octanol–water partition coefficient (Wildman–Crippen LogP) is 3.45. The molecule has 4 heteroatoms. The van der Waals surface area contributed by atoms with Gasteiger partial charge in [0.25, 0.3) is 0 Å². The van der Waals surface area contributed by atoms with Gasteiger partial charge in [-0.25, -0.2) is 4.39 Å². The van der Waals surface area contributed by atoms with Crippen LogP contribution in [0.15, 0.2) is 24.3 Å². The summed E-state index contributed by atoms with van der Waals surface area (Å²) < 4.78 is 13.3. The van der Waals surface area contributed by atoms with Crippen molar-refractivity contribution < 1.29 is 9.18 Å². The third-order valence-electron chi connectivity index (χ3n) is 6.53. The highest BCUT2D eigenvalue weighted by Crippen LogP contribution is 2.45. The molecular formula is C20H27FN2O. The van der Waals surface area contributed by atoms with E-state index in [0.29, 0.717) is 17.9 Å². The molecule has 1 spiro atoms. The van der Waals surface area contributed by atoms with Crippen LogP contribution in [0, 0.1) is 11.2 Å². The molecule has 0 radical (unpaired) electrons. The number of rotatable bonds is 2. The molecule has 1 saturated carbocycles. The van der Waals surface area contributed by atoms with Crippen LogP contribution in [0.1, 0.15) is 56.4 Å². The molecule has 2 unspecified atom stereocenters. The van der Waals surface area contributed by atoms with Crippen molar-refractivity contribution >= 4 is 5.91 Å². The molecule has 2 saturated heterocycles. The van der Waals surface area contributed by atoms with Crippen LogP contribution in [-0.4, -0.2) is 36.5 Å². The Morgan fingerprint density at radius 2 is 1.75 bits per heavy atom. The fourth-order valence-electron chi connectivity index (χ4n) is 5.12. The summed E-state index contributed by atoms with van der Waals surface area (Å²) >= 11 is 0. The van der Waals surface area contributed by atoms with E-state index < -0.39 is 0 Å². The zero-order chi connectivity index (χ0) is 16.6. The molecular weight excluding hydrogens is 303 g/mol. The number of carbonyl (C=O) groups is 1. The maximum Gasteiger partial charge on any atom is 0.229 e. The Balaban J connectivity index is 1.57. The van der Waals surface area contributed by atoms with E-state index in [0.717, 1.165) is 51.7 Å². The fraction of sp³-hybridized carbons (Fsp3) is 0.650. The van der Waals surface area contributed by atoms with Gasteiger partial charge in [-0.05, 0) is 62.9 Å². The number of carbonyl (C=O) groups excluding carboxylic acids is 1. The lowest BCUT2D eigenvalue weighted by atomic mass is 9.76. The Kier molecular flexibility index (Phi) is 4.33. The molecule has 1 aliphatic carbocycles. The molecule has 2 heterocycles. The van der Waals surface area contributed by atoms with E-state index >= 15 is 0 Å². The van der Waals surface area contributed by atoms with Gasteiger partial charge in [0, 0.05) is 18.5 Å². The first-order valence-corrected chi connectivity index (χ1v) is 9.47. The van der Waals surface area contributed by atoms with Gasteiger partial charge in [0.15, 0.2) is 0 Å². The van der Waals surface area contributed by atoms with Gasteiger partial charge in [0.1, 0.15) is 5.82 Å². The molecule has 0 aromatic heterocycles. The maximum atomic E-state index is 13.3. The standard InChI is InChI=1S/C20H27FN2O/c21-16-7-5-15(6-8-16)17-3-1-2-4-18(17)23-14-11-20(19(23)24)9-12-22-13-10-20/h5-8,17-18,22H,1-4,9-14H2. The molecule has 1 amide bonds. The second kappa shape index (κ2) is 6.47. The normalized spacial score (nSPS) is 30.0. The van der Waals surface area contributed by atoms with Crippen molar-refractivity contribution in [2.24, 2.45) is 5.41 Å². The van der Waals surface area contributed by atoms with Crippen molar-refractivity contribution in [2.75, 3.05) is 19.6 Å². The molecule has 1 aromatic carbocycles. The van der Waals surface area contributed by atoms with E-state index in [1.807, 2.05) is 12.1 Å². The van der Waals surface area contributed by atoms with Crippen molar-refractivity contribution in [1.29, 1.82) is 0 Å². The number of hydrogen-bond acceptors (Lipinski definition) is 2. The van der Waals surface area contributed by atoms with E-state index in [4.69, 9.17) is 0 Å². The molecule has 3 fully saturated rings. The monoisotopic (exact) mass is 330 g/mol. The summed E-state index contributed by atoms with van der Waals surface area (Å²) in [6.07, 6.45) is 7.57. The van der Waals surface area contributed by atoms with Crippen molar-refractivity contribution in [2.45, 2.75) is 56.9 Å². The number of hydrogen-bond donors (Lipinski definition) is 1. The van der Waals surface area contributed by atoms with Crippen molar-refractivity contribution in [3.8, 4) is 0 Å². The molecule has 0 bridgehead atoms. The number of likely N-dealkylation sites (tertiary alicyclic amines) is 1. The lowest BCUT2D eigenvalue weighted by Crippen LogP contribution is -2.47. The van der Waals surface area contributed by atoms with Crippen molar-refractivity contribution in [3.63, 3.8) is 0 Å². The van der Waals surface area contributed by atoms with E-state index in [2.05, 4.69) is 10.2 Å². The first-order chi connectivity index (χ1) is 11.7. The molecule has 1 aromatic rings. The Morgan fingerprint density at radius 3 is 2.50 bits per heavy atom. The molecule has 3 aliphatic rings. The SMILES string of the molecule is O=C1N(C2CCCCC2c2ccc(F)cc2)CCC12CCNCC2. The minimum absolute atomic E-state index is 0.101. The first kappa shape index (κ1) is 16.1. The molecule has 2 aliphatic heterocycles. The topological polar surface area (TPSA) is 32.3 Å². The lowest BCUT2D eigenvalue weighted by molar-refractivity contribution is -0.140. The van der Waals surface area contributed by atoms with Gasteiger partial charge in [-0.2, -0.15) is 0 Å². The minimum atomic E-state index is -0.183. The summed E-state index contributed by atoms with van der Waals surface area (Å²) in [6.45, 7) is 2.83. The zero-order valence-electron chi connectivity index (χ0n) is 14.3. The second-order valence-electron chi connectivity index (χ2n) is 7.79. The summed E-state index contributed by atoms with van der Waals surface area (Å²) in [4.78, 5) is 15.4. The third kappa shape index (κ3) is 2.75. The Bertz CT molecular complexity index is 594. The van der Waals surface area contributed by atoms with E-state index in [9.17, 15) is 9.18 Å². The Morgan fingerprint density at radius 1 is 1.04 bits per heavy atom. The van der Waals surface area contributed by atoms with Gasteiger partial charge in [0.2, 0.25) is 5.91 Å². The molecule has 3 nitrogen and oxygen atoms in total. The number of nitrogens with zero attached hydrogens (tertiary/aromatic N) is 1. The molecule has 1 N–H and O–H groups in total. The third-order valence-corrected chi connectivity index (χ3v) is 6.53. The molecule has 130 valence electrons. The van der Waals surface area contributed by atoms with Crippen LogP contribution >= 0.6 is 0 Å². The average molecular weight is 330 g/mol. The summed E-state index contributed by atoms with van der Waals surface area (Å²) in [5.41, 5.74) is 1.09. The highest BCUT2D eigenvalue weighted by Gasteiger charge is 2.50. The fourth-order valence-corrected chi connectivity index (χ4v) is 5.12. The Labute approximate surface area is 143 Å². The van der Waals surface area contributed by atoms with Crippen LogP contribution in [0.5, 0.6) is 0 Å². The average Bonchev–Trinajstić information content (AvgIpc) is 2.93. The van der Waals surface area contributed by atoms with E-state index in [1.54, 1.807) is 12.1 Å². The van der Waals surface area contributed by atoms with Crippen molar-refractivity contribution in [1.82, 2.24) is 10.2 Å². The van der Waals surface area contributed by atoms with Gasteiger partial charge in [0.05, 0.1) is 5.41 Å². The van der Waals surface area contributed by atoms with Crippen LogP contribution in [-0.2, 0) is 4.79 Å². The summed E-state index contributed by atoms with van der Waals surface area (Å²) in [5, 5.41) is 3.38. The van der Waals surface area contributed by atoms with E-state index in [1.165, 1.54) is 18.4 Å². The molecule has 4 rings (SSSR count). The summed E-state index contributed by atoms with van der Waals surface area (Å²) in [5.74, 6) is 0.570. The quantitative estimate of drug-likeness (QED) is 0.901. The maximum absolute atomic E-state index is 13.3. The van der Waals surface area contributed by atoms with E-state index in [-0.39, 0.29) is 11.2 Å². The second-order valence-corrected chi connectivity index (χ2v) is 7.79. The first-order valence-electron chi connectivity index (χ1n) is 9.47. The van der Waals surface area contributed by atoms with Gasteiger partial charge >= 0.3 is 0 Å². The molecule has 2 atom stereocenters. The van der Waals surface area contributed by atoms with Crippen LogP contribution < -0.4 is 5.32 Å². The van der Waals surface area contributed by atoms with Gasteiger partial charge in [-0.3, -0.25) is 4.79 Å². The summed E-state index contributed by atoms with van der Waals surface area (Å²) in [7, 11) is 0. The van der Waals surface area contributed by atoms with Crippen LogP contribution in [0.3, 0.4) is 0 Å². The number of benzene rings is 1. The number of piperidine rings is 1. The number of nitrogens with one attached hydrogen (secondary N) is 1. The minimum Gasteiger partial charge on any atom is -0.339 e. The van der Waals surface area contributed by atoms with Crippen molar-refractivity contribution in [3.05, 3.63) is 35.6 Å². The van der Waals surface area contributed by atoms with Gasteiger partial charge in [-0.15, -0.1) is 0 Å². The summed E-state index contributed by atoms with van der Waals surface area (Å²) in [6, 6.07) is 7.24. The van der Waals surface area contributed by atoms with Crippen LogP contribution in [0.25, 0.3) is 0 Å². The van der Waals surface area contributed by atoms with Crippen LogP contribution in [0.4, 0.5) is 4.39 Å². The number of halogens is 1. The van der Waals surface area contributed by atoms with Gasteiger partial charge < -0.3 is 10.2 Å². The molecule has 24 heavy (non-hydrogen) atoms.